The first kappa shape index (κ1) is 23.5. The summed E-state index contributed by atoms with van der Waals surface area (Å²) in [5, 5.41) is 13.1. The van der Waals surface area contributed by atoms with Crippen molar-refractivity contribution in [2.75, 3.05) is 0 Å². The zero-order chi connectivity index (χ0) is 30.8. The number of aromatic nitrogens is 8. The molecule has 0 atom stereocenters. The number of benzene rings is 4. The molecular weight excluding hydrogens is 592 g/mol. The Balaban J connectivity index is 1.45. The molecular formula is C40H18N8. The van der Waals surface area contributed by atoms with Gasteiger partial charge < -0.3 is 0 Å². The Labute approximate surface area is 268 Å². The van der Waals surface area contributed by atoms with E-state index in [0.717, 1.165) is 109 Å². The summed E-state index contributed by atoms with van der Waals surface area (Å²) in [5.74, 6) is 0. The molecule has 0 saturated carbocycles. The first-order valence-corrected chi connectivity index (χ1v) is 16.0. The van der Waals surface area contributed by atoms with E-state index in [2.05, 4.69) is 79.4 Å². The zero-order valence-corrected chi connectivity index (χ0v) is 25.0. The van der Waals surface area contributed by atoms with Gasteiger partial charge in [-0.05, 0) is 47.2 Å². The van der Waals surface area contributed by atoms with Crippen LogP contribution in [-0.4, -0.2) is 38.7 Å². The molecule has 13 rings (SSSR count). The standard InChI is InChI=1S/C40H18N8/c1-5-21-23-9-3-13-43-39(23)47-35(21)25(7-1)29-33-34(46-32-28-18-42-16-12-20(28)19-11-15-41-17-27(19)31(32)45-33)30-26-8-2-6-22-24-10-4-14-44-40(24)48(36(22)26)38(30)37(29)47/h1-18H. The lowest BCUT2D eigenvalue weighted by molar-refractivity contribution is 1.24. The second kappa shape index (κ2) is 7.76. The molecule has 4 aromatic carbocycles. The van der Waals surface area contributed by atoms with E-state index in [1.165, 1.54) is 10.8 Å². The zero-order valence-electron chi connectivity index (χ0n) is 25.0. The molecule has 0 bridgehead atoms. The van der Waals surface area contributed by atoms with Crippen LogP contribution in [0.1, 0.15) is 0 Å². The highest BCUT2D eigenvalue weighted by Crippen LogP contribution is 2.49. The number of hydrogen-bond donors (Lipinski definition) is 0. The molecule has 0 N–H and O–H groups in total. The van der Waals surface area contributed by atoms with Gasteiger partial charge in [-0.25, -0.2) is 19.9 Å². The Hall–Kier alpha value is -6.80. The van der Waals surface area contributed by atoms with Crippen LogP contribution >= 0.6 is 0 Å². The van der Waals surface area contributed by atoms with Crippen LogP contribution in [-0.2, 0) is 0 Å². The van der Waals surface area contributed by atoms with E-state index < -0.39 is 0 Å². The molecule has 0 aliphatic carbocycles. The lowest BCUT2D eigenvalue weighted by Gasteiger charge is -2.11. The van der Waals surface area contributed by atoms with E-state index in [1.54, 1.807) is 0 Å². The van der Waals surface area contributed by atoms with Crippen molar-refractivity contribution in [1.29, 1.82) is 0 Å². The van der Waals surface area contributed by atoms with Crippen LogP contribution in [0.2, 0.25) is 0 Å². The molecule has 8 heteroatoms. The molecule has 9 heterocycles. The van der Waals surface area contributed by atoms with Crippen LogP contribution in [0.5, 0.6) is 0 Å². The third-order valence-corrected chi connectivity index (χ3v) is 10.6. The number of fused-ring (bicyclic) bond motifs is 22. The fraction of sp³-hybridized carbons (Fsp3) is 0. The molecule has 0 aliphatic heterocycles. The molecule has 8 nitrogen and oxygen atoms in total. The first-order valence-electron chi connectivity index (χ1n) is 16.0. The number of nitrogens with zero attached hydrogens (tertiary/aromatic N) is 8. The summed E-state index contributed by atoms with van der Waals surface area (Å²) in [7, 11) is 0. The average molecular weight is 611 g/mol. The van der Waals surface area contributed by atoms with E-state index in [-0.39, 0.29) is 0 Å². The van der Waals surface area contributed by atoms with Crippen molar-refractivity contribution in [3.8, 4) is 0 Å². The maximum atomic E-state index is 5.62. The molecule has 9 aromatic heterocycles. The Morgan fingerprint density at radius 1 is 0.354 bits per heavy atom. The van der Waals surface area contributed by atoms with Crippen molar-refractivity contribution < 1.29 is 0 Å². The van der Waals surface area contributed by atoms with Crippen LogP contribution < -0.4 is 0 Å². The van der Waals surface area contributed by atoms with E-state index in [0.29, 0.717) is 0 Å². The third-order valence-electron chi connectivity index (χ3n) is 10.6. The number of hydrogen-bond acceptors (Lipinski definition) is 6. The van der Waals surface area contributed by atoms with Gasteiger partial charge in [-0.2, -0.15) is 0 Å². The van der Waals surface area contributed by atoms with Gasteiger partial charge in [-0.3, -0.25) is 18.8 Å². The van der Waals surface area contributed by atoms with Crippen molar-refractivity contribution in [3.63, 3.8) is 0 Å². The average Bonchev–Trinajstić information content (AvgIpc) is 3.88. The Morgan fingerprint density at radius 3 is 1.31 bits per heavy atom. The highest BCUT2D eigenvalue weighted by Gasteiger charge is 2.29. The fourth-order valence-corrected chi connectivity index (χ4v) is 8.83. The van der Waals surface area contributed by atoms with Gasteiger partial charge in [-0.15, -0.1) is 0 Å². The summed E-state index contributed by atoms with van der Waals surface area (Å²) in [4.78, 5) is 30.3. The molecule has 13 aromatic rings. The van der Waals surface area contributed by atoms with Crippen LogP contribution in [0, 0.1) is 0 Å². The molecule has 0 amide bonds. The van der Waals surface area contributed by atoms with Gasteiger partial charge in [0.1, 0.15) is 22.3 Å². The molecule has 0 saturated heterocycles. The molecule has 48 heavy (non-hydrogen) atoms. The van der Waals surface area contributed by atoms with Crippen molar-refractivity contribution in [3.05, 3.63) is 110 Å². The Morgan fingerprint density at radius 2 is 0.812 bits per heavy atom. The predicted octanol–water partition coefficient (Wildman–Crippen LogP) is 8.97. The largest absolute Gasteiger partial charge is 0.290 e. The van der Waals surface area contributed by atoms with Gasteiger partial charge in [0.25, 0.3) is 0 Å². The van der Waals surface area contributed by atoms with Gasteiger partial charge in [-0.1, -0.05) is 36.4 Å². The highest BCUT2D eigenvalue weighted by molar-refractivity contribution is 6.40. The second-order valence-electron chi connectivity index (χ2n) is 12.7. The quantitative estimate of drug-likeness (QED) is 0.126. The molecule has 0 radical (unpaired) electrons. The lowest BCUT2D eigenvalue weighted by Crippen LogP contribution is -1.95. The molecule has 0 fully saturated rings. The monoisotopic (exact) mass is 610 g/mol. The van der Waals surface area contributed by atoms with Gasteiger partial charge in [0.05, 0.1) is 33.1 Å². The first-order chi connectivity index (χ1) is 23.9. The van der Waals surface area contributed by atoms with Crippen molar-refractivity contribution in [2.45, 2.75) is 0 Å². The maximum absolute atomic E-state index is 5.62. The summed E-state index contributed by atoms with van der Waals surface area (Å²) < 4.78 is 4.71. The summed E-state index contributed by atoms with van der Waals surface area (Å²) in [5.41, 5.74) is 9.65. The highest BCUT2D eigenvalue weighted by atomic mass is 15.0. The number of rotatable bonds is 0. The minimum absolute atomic E-state index is 0.822. The smallest absolute Gasteiger partial charge is 0.145 e. The summed E-state index contributed by atoms with van der Waals surface area (Å²) in [6.45, 7) is 0. The van der Waals surface area contributed by atoms with E-state index in [9.17, 15) is 0 Å². The van der Waals surface area contributed by atoms with Crippen LogP contribution in [0.25, 0.3) is 120 Å². The molecule has 0 spiro atoms. The Kier molecular flexibility index (Phi) is 3.80. The molecule has 218 valence electrons. The van der Waals surface area contributed by atoms with Crippen molar-refractivity contribution in [2.24, 2.45) is 0 Å². The number of pyridine rings is 4. The minimum atomic E-state index is 0.822. The fourth-order valence-electron chi connectivity index (χ4n) is 8.83. The van der Waals surface area contributed by atoms with Crippen molar-refractivity contribution in [1.82, 2.24) is 38.7 Å². The summed E-state index contributed by atoms with van der Waals surface area (Å²) in [6, 6.07) is 25.6. The third kappa shape index (κ3) is 2.44. The molecule has 0 unspecified atom stereocenters. The normalized spacial score (nSPS) is 13.0. The van der Waals surface area contributed by atoms with Crippen LogP contribution in [0.15, 0.2) is 110 Å². The lowest BCUT2D eigenvalue weighted by atomic mass is 10.0. The van der Waals surface area contributed by atoms with Gasteiger partial charge in [0.2, 0.25) is 0 Å². The van der Waals surface area contributed by atoms with Gasteiger partial charge in [0, 0.05) is 91.0 Å². The SMILES string of the molecule is c1cnc2c(c1)c1cccc3c4c5nc6c7cnccc7c7ccncc7c6nc5c5c6cccc7c8cccnc8n(c76)c5c4n2c13. The topological polar surface area (TPSA) is 86.2 Å². The van der Waals surface area contributed by atoms with Crippen LogP contribution in [0.3, 0.4) is 0 Å². The predicted molar refractivity (Wildman–Crippen MR) is 193 cm³/mol. The van der Waals surface area contributed by atoms with E-state index >= 15 is 0 Å². The second-order valence-corrected chi connectivity index (χ2v) is 12.7. The Bertz CT molecular complexity index is 3340. The minimum Gasteiger partial charge on any atom is -0.290 e. The molecule has 0 aliphatic rings. The van der Waals surface area contributed by atoms with Gasteiger partial charge >= 0.3 is 0 Å². The van der Waals surface area contributed by atoms with E-state index in [1.807, 2.05) is 49.3 Å². The van der Waals surface area contributed by atoms with Crippen molar-refractivity contribution >= 4 is 120 Å². The van der Waals surface area contributed by atoms with Gasteiger partial charge in [0.15, 0.2) is 0 Å². The summed E-state index contributed by atoms with van der Waals surface area (Å²) >= 11 is 0. The summed E-state index contributed by atoms with van der Waals surface area (Å²) in [6.07, 6.45) is 11.3. The maximum Gasteiger partial charge on any atom is 0.145 e. The van der Waals surface area contributed by atoms with Crippen LogP contribution in [0.4, 0.5) is 0 Å². The number of para-hydroxylation sites is 2. The van der Waals surface area contributed by atoms with E-state index in [4.69, 9.17) is 19.9 Å².